The number of hydrogen-bond acceptors (Lipinski definition) is 3. The van der Waals surface area contributed by atoms with Gasteiger partial charge in [0.05, 0.1) is 11.8 Å². The van der Waals surface area contributed by atoms with Gasteiger partial charge in [0.2, 0.25) is 11.8 Å². The summed E-state index contributed by atoms with van der Waals surface area (Å²) in [5.74, 6) is 0.0250. The molecular weight excluding hydrogens is 380 g/mol. The van der Waals surface area contributed by atoms with Crippen molar-refractivity contribution < 1.29 is 24.2 Å². The van der Waals surface area contributed by atoms with E-state index in [2.05, 4.69) is 5.32 Å². The molecule has 3 fully saturated rings. The maximum absolute atomic E-state index is 12.7. The molecule has 2 heterocycles. The van der Waals surface area contributed by atoms with E-state index in [1.165, 1.54) is 14.7 Å². The van der Waals surface area contributed by atoms with Gasteiger partial charge in [0.25, 0.3) is 5.91 Å². The van der Waals surface area contributed by atoms with Crippen LogP contribution in [0.3, 0.4) is 0 Å². The number of imide groups is 1. The van der Waals surface area contributed by atoms with Crippen LogP contribution in [0, 0.1) is 25.7 Å². The fraction of sp³-hybridized carbons (Fsp3) is 0.609. The maximum atomic E-state index is 12.7. The van der Waals surface area contributed by atoms with Crippen LogP contribution in [0.15, 0.2) is 18.2 Å². The second-order valence-corrected chi connectivity index (χ2v) is 9.25. The molecule has 3 amide bonds. The van der Waals surface area contributed by atoms with E-state index in [0.29, 0.717) is 13.2 Å². The van der Waals surface area contributed by atoms with Gasteiger partial charge >= 0.3 is 0 Å². The number of quaternary nitrogens is 2. The molecule has 2 atom stereocenters. The molecule has 1 aromatic carbocycles. The molecule has 2 aliphatic heterocycles. The van der Waals surface area contributed by atoms with Crippen molar-refractivity contribution in [2.24, 2.45) is 11.8 Å². The molecule has 3 aliphatic rings. The summed E-state index contributed by atoms with van der Waals surface area (Å²) >= 11 is 0. The molecule has 2 saturated heterocycles. The summed E-state index contributed by atoms with van der Waals surface area (Å²) in [6, 6.07) is 6.02. The van der Waals surface area contributed by atoms with Crippen LogP contribution in [0.2, 0.25) is 0 Å². The third kappa shape index (κ3) is 4.27. The number of nitrogens with zero attached hydrogens (tertiary/aromatic N) is 1. The summed E-state index contributed by atoms with van der Waals surface area (Å²) in [6.07, 6.45) is 3.86. The number of fused-ring (bicyclic) bond motifs is 1. The number of likely N-dealkylation sites (tertiary alicyclic amines) is 1. The lowest BCUT2D eigenvalue weighted by molar-refractivity contribution is -1.01. The lowest BCUT2D eigenvalue weighted by atomic mass is 9.81. The van der Waals surface area contributed by atoms with Gasteiger partial charge in [-0.3, -0.25) is 14.4 Å². The summed E-state index contributed by atoms with van der Waals surface area (Å²) in [5.41, 5.74) is 3.07. The van der Waals surface area contributed by atoms with Crippen LogP contribution >= 0.6 is 0 Å². The largest absolute Gasteiger partial charge is 0.321 e. The van der Waals surface area contributed by atoms with E-state index in [1.54, 1.807) is 0 Å². The molecule has 1 aromatic rings. The van der Waals surface area contributed by atoms with E-state index < -0.39 is 0 Å². The average molecular weight is 415 g/mol. The third-order valence-electron chi connectivity index (χ3n) is 7.13. The van der Waals surface area contributed by atoms with Crippen molar-refractivity contribution in [3.63, 3.8) is 0 Å². The second-order valence-electron chi connectivity index (χ2n) is 9.25. The first-order valence-corrected chi connectivity index (χ1v) is 11.3. The highest BCUT2D eigenvalue weighted by Gasteiger charge is 2.49. The van der Waals surface area contributed by atoms with E-state index >= 15 is 0 Å². The van der Waals surface area contributed by atoms with Gasteiger partial charge in [-0.05, 0) is 37.8 Å². The topological polar surface area (TPSA) is 75.4 Å². The van der Waals surface area contributed by atoms with E-state index in [4.69, 9.17) is 0 Å². The molecule has 0 bridgehead atoms. The molecule has 0 spiro atoms. The van der Waals surface area contributed by atoms with E-state index in [1.807, 2.05) is 32.0 Å². The van der Waals surface area contributed by atoms with Crippen LogP contribution in [-0.4, -0.2) is 62.0 Å². The van der Waals surface area contributed by atoms with Crippen molar-refractivity contribution in [2.75, 3.05) is 44.7 Å². The standard InChI is InChI=1S/C23H32N4O3/c1-16-6-5-7-17(2)21(16)24-20(28)14-25-10-12-26(13-11-25)15-27-22(29)18-8-3-4-9-19(18)23(27)30/h5-7,18-19H,3-4,8-15H2,1-2H3,(H,24,28)/p+2/t18-,19+. The van der Waals surface area contributed by atoms with Gasteiger partial charge < -0.3 is 15.1 Å². The minimum Gasteiger partial charge on any atom is -0.321 e. The van der Waals surface area contributed by atoms with Crippen LogP contribution in [-0.2, 0) is 14.4 Å². The van der Waals surface area contributed by atoms with Crippen LogP contribution < -0.4 is 15.1 Å². The van der Waals surface area contributed by atoms with Crippen LogP contribution in [0.25, 0.3) is 0 Å². The van der Waals surface area contributed by atoms with Crippen molar-refractivity contribution in [2.45, 2.75) is 39.5 Å². The Morgan fingerprint density at radius 3 is 2.07 bits per heavy atom. The first kappa shape index (κ1) is 21.0. The minimum absolute atomic E-state index is 0.0415. The summed E-state index contributed by atoms with van der Waals surface area (Å²) in [5, 5.41) is 3.07. The highest BCUT2D eigenvalue weighted by molar-refractivity contribution is 6.05. The maximum Gasteiger partial charge on any atom is 0.279 e. The Morgan fingerprint density at radius 2 is 1.50 bits per heavy atom. The predicted molar refractivity (Wildman–Crippen MR) is 113 cm³/mol. The molecule has 0 aromatic heterocycles. The molecule has 0 radical (unpaired) electrons. The van der Waals surface area contributed by atoms with Crippen LogP contribution in [0.5, 0.6) is 0 Å². The summed E-state index contributed by atoms with van der Waals surface area (Å²) in [4.78, 5) is 42.0. The number of piperazine rings is 1. The monoisotopic (exact) mass is 414 g/mol. The van der Waals surface area contributed by atoms with Gasteiger partial charge in [-0.1, -0.05) is 31.0 Å². The number of nitrogens with one attached hydrogen (secondary N) is 3. The lowest BCUT2D eigenvalue weighted by Gasteiger charge is -2.31. The zero-order valence-electron chi connectivity index (χ0n) is 18.1. The molecule has 0 unspecified atom stereocenters. The molecule has 1 saturated carbocycles. The van der Waals surface area contributed by atoms with Crippen molar-refractivity contribution in [3.05, 3.63) is 29.3 Å². The molecule has 7 nitrogen and oxygen atoms in total. The smallest absolute Gasteiger partial charge is 0.279 e. The second kappa shape index (κ2) is 8.86. The van der Waals surface area contributed by atoms with Crippen LogP contribution in [0.1, 0.15) is 36.8 Å². The van der Waals surface area contributed by atoms with Gasteiger partial charge in [-0.15, -0.1) is 0 Å². The van der Waals surface area contributed by atoms with Crippen LogP contribution in [0.4, 0.5) is 5.69 Å². The molecule has 4 rings (SSSR count). The number of aryl methyl sites for hydroxylation is 2. The number of anilines is 1. The molecule has 7 heteroatoms. The molecule has 3 N–H and O–H groups in total. The zero-order chi connectivity index (χ0) is 21.3. The number of para-hydroxylation sites is 1. The number of carbonyl (C=O) groups excluding carboxylic acids is 3. The van der Waals surface area contributed by atoms with E-state index in [0.717, 1.165) is 68.7 Å². The third-order valence-corrected chi connectivity index (χ3v) is 7.13. The summed E-state index contributed by atoms with van der Waals surface area (Å²) in [7, 11) is 0. The first-order valence-electron chi connectivity index (χ1n) is 11.3. The number of rotatable bonds is 5. The van der Waals surface area contributed by atoms with Crippen molar-refractivity contribution in [1.29, 1.82) is 0 Å². The quantitative estimate of drug-likeness (QED) is 0.550. The molecule has 162 valence electrons. The van der Waals surface area contributed by atoms with Gasteiger partial charge in [-0.25, -0.2) is 4.90 Å². The summed E-state index contributed by atoms with van der Waals surface area (Å²) < 4.78 is 0. The number of hydrogen-bond donors (Lipinski definition) is 3. The minimum atomic E-state index is -0.0637. The lowest BCUT2D eigenvalue weighted by Crippen LogP contribution is -3.29. The van der Waals surface area contributed by atoms with Gasteiger partial charge in [-0.2, -0.15) is 0 Å². The Labute approximate surface area is 178 Å². The van der Waals surface area contributed by atoms with Gasteiger partial charge in [0.1, 0.15) is 26.2 Å². The molecular formula is C23H34N4O3+2. The molecule has 1 aliphatic carbocycles. The van der Waals surface area contributed by atoms with Gasteiger partial charge in [0, 0.05) is 5.69 Å². The normalized spacial score (nSPS) is 29.1. The van der Waals surface area contributed by atoms with Crippen molar-refractivity contribution in [1.82, 2.24) is 4.90 Å². The molecule has 30 heavy (non-hydrogen) atoms. The van der Waals surface area contributed by atoms with Crippen molar-refractivity contribution in [3.8, 4) is 0 Å². The Kier molecular flexibility index (Phi) is 6.20. The SMILES string of the molecule is Cc1cccc(C)c1NC(=O)C[NH+]1CC[NH+](CN2C(=O)[C@H]3CCCC[C@H]3C2=O)CC1. The Balaban J connectivity index is 1.26. The predicted octanol–water partition coefficient (Wildman–Crippen LogP) is -0.842. The number of amides is 3. The highest BCUT2D eigenvalue weighted by atomic mass is 16.2. The van der Waals surface area contributed by atoms with Crippen molar-refractivity contribution >= 4 is 23.4 Å². The highest BCUT2D eigenvalue weighted by Crippen LogP contribution is 2.37. The fourth-order valence-corrected chi connectivity index (χ4v) is 5.32. The summed E-state index contributed by atoms with van der Waals surface area (Å²) in [6.45, 7) is 8.46. The Morgan fingerprint density at radius 1 is 0.967 bits per heavy atom. The number of carbonyl (C=O) groups is 3. The van der Waals surface area contributed by atoms with E-state index in [-0.39, 0.29) is 29.6 Å². The number of benzene rings is 1. The Hall–Kier alpha value is -2.25. The Bertz CT molecular complexity index is 787. The van der Waals surface area contributed by atoms with E-state index in [9.17, 15) is 14.4 Å². The average Bonchev–Trinajstić information content (AvgIpc) is 2.97. The zero-order valence-corrected chi connectivity index (χ0v) is 18.1. The van der Waals surface area contributed by atoms with Gasteiger partial charge in [0.15, 0.2) is 13.2 Å². The fourth-order valence-electron chi connectivity index (χ4n) is 5.32. The first-order chi connectivity index (χ1) is 14.4.